The third-order valence-corrected chi connectivity index (χ3v) is 2.29. The van der Waals surface area contributed by atoms with Crippen LogP contribution in [0, 0.1) is 28.1 Å². The maximum atomic E-state index is 9.07. The molecule has 0 radical (unpaired) electrons. The number of nitriles is 2. The van der Waals surface area contributed by atoms with Gasteiger partial charge in [0.1, 0.15) is 12.1 Å². The number of nitrogens with one attached hydrogen (secondary N) is 2. The number of ether oxygens (including phenoxy) is 2. The molecule has 8 heteroatoms. The van der Waals surface area contributed by atoms with Crippen LogP contribution in [-0.4, -0.2) is 25.8 Å². The molecular weight excluding hydrogens is 260 g/mol. The van der Waals surface area contributed by atoms with Gasteiger partial charge in [0.25, 0.3) is 0 Å². The van der Waals surface area contributed by atoms with Gasteiger partial charge in [0.15, 0.2) is 17.3 Å². The van der Waals surface area contributed by atoms with E-state index in [0.717, 1.165) is 0 Å². The lowest BCUT2D eigenvalue weighted by atomic mass is 10.1. The highest BCUT2D eigenvalue weighted by molar-refractivity contribution is 6.45. The summed E-state index contributed by atoms with van der Waals surface area (Å²) in [5.41, 5.74) is 7.93. The quantitative estimate of drug-likeness (QED) is 0.411. The molecule has 0 atom stereocenters. The molecule has 0 unspecified atom stereocenters. The number of hydrogen-bond acceptors (Lipinski definition) is 7. The lowest BCUT2D eigenvalue weighted by Gasteiger charge is -2.11. The number of hydrazone groups is 1. The van der Waals surface area contributed by atoms with Crippen LogP contribution in [0.3, 0.4) is 0 Å². The van der Waals surface area contributed by atoms with E-state index in [4.69, 9.17) is 31.1 Å². The van der Waals surface area contributed by atoms with E-state index in [1.807, 2.05) is 6.07 Å². The van der Waals surface area contributed by atoms with E-state index in [2.05, 4.69) is 10.5 Å². The van der Waals surface area contributed by atoms with Crippen molar-refractivity contribution in [3.8, 4) is 23.6 Å². The van der Waals surface area contributed by atoms with Crippen LogP contribution in [0.1, 0.15) is 5.56 Å². The van der Waals surface area contributed by atoms with Crippen molar-refractivity contribution in [1.29, 1.82) is 15.9 Å². The first-order valence-corrected chi connectivity index (χ1v) is 5.31. The molecule has 0 aromatic heterocycles. The molecule has 1 aromatic carbocycles. The summed E-state index contributed by atoms with van der Waals surface area (Å²) in [6.07, 6.45) is 0. The Bertz CT molecular complexity index is 639. The Hall–Kier alpha value is -3.26. The Labute approximate surface area is 115 Å². The van der Waals surface area contributed by atoms with E-state index in [-0.39, 0.29) is 11.3 Å². The molecule has 0 saturated carbocycles. The number of nitrogens with two attached hydrogens (primary N) is 1. The zero-order valence-electron chi connectivity index (χ0n) is 10.9. The van der Waals surface area contributed by atoms with Crippen molar-refractivity contribution in [2.75, 3.05) is 19.6 Å². The largest absolute Gasteiger partial charge is 0.493 e. The Balaban J connectivity index is 3.22. The number of nitrogens with zero attached hydrogens (tertiary/aromatic N) is 3. The average molecular weight is 272 g/mol. The van der Waals surface area contributed by atoms with Crippen LogP contribution < -0.4 is 20.6 Å². The molecule has 1 rings (SSSR count). The molecule has 0 bridgehead atoms. The van der Waals surface area contributed by atoms with Crippen molar-refractivity contribution in [2.45, 2.75) is 0 Å². The van der Waals surface area contributed by atoms with Gasteiger partial charge in [-0.25, -0.2) is 0 Å². The highest BCUT2D eigenvalue weighted by atomic mass is 16.5. The highest BCUT2D eigenvalue weighted by Gasteiger charge is 2.11. The first-order chi connectivity index (χ1) is 9.57. The number of benzene rings is 1. The summed E-state index contributed by atoms with van der Waals surface area (Å²) in [5.74, 6) is 0.315. The van der Waals surface area contributed by atoms with Gasteiger partial charge in [0, 0.05) is 12.1 Å². The van der Waals surface area contributed by atoms with Crippen LogP contribution in [0.4, 0.5) is 5.69 Å². The molecule has 0 aliphatic carbocycles. The first kappa shape index (κ1) is 14.8. The van der Waals surface area contributed by atoms with Gasteiger partial charge >= 0.3 is 0 Å². The maximum absolute atomic E-state index is 9.07. The summed E-state index contributed by atoms with van der Waals surface area (Å²) in [6, 6.07) is 6.58. The van der Waals surface area contributed by atoms with Crippen LogP contribution in [0.25, 0.3) is 0 Å². The molecule has 0 spiro atoms. The third-order valence-electron chi connectivity index (χ3n) is 2.29. The second kappa shape index (κ2) is 6.61. The highest BCUT2D eigenvalue weighted by Crippen LogP contribution is 2.32. The van der Waals surface area contributed by atoms with Crippen molar-refractivity contribution >= 4 is 17.2 Å². The third kappa shape index (κ3) is 3.15. The Morgan fingerprint density at radius 2 is 1.90 bits per heavy atom. The van der Waals surface area contributed by atoms with Crippen molar-refractivity contribution in [3.63, 3.8) is 0 Å². The number of anilines is 1. The predicted molar refractivity (Wildman–Crippen MR) is 72.8 cm³/mol. The fourth-order valence-corrected chi connectivity index (χ4v) is 1.33. The monoisotopic (exact) mass is 272 g/mol. The van der Waals surface area contributed by atoms with E-state index >= 15 is 0 Å². The molecule has 1 aromatic rings. The van der Waals surface area contributed by atoms with E-state index in [9.17, 15) is 0 Å². The molecule has 0 heterocycles. The topological polar surface area (TPSA) is 140 Å². The molecule has 0 fully saturated rings. The summed E-state index contributed by atoms with van der Waals surface area (Å²) >= 11 is 0. The fraction of sp³-hybridized carbons (Fsp3) is 0.167. The van der Waals surface area contributed by atoms with Crippen molar-refractivity contribution in [2.24, 2.45) is 10.8 Å². The zero-order chi connectivity index (χ0) is 15.1. The fourth-order valence-electron chi connectivity index (χ4n) is 1.33. The average Bonchev–Trinajstić information content (AvgIpc) is 2.46. The SMILES string of the molecule is COc1cc(C#N)c(N/N=C(\C#N)C(=N)N)cc1OC. The van der Waals surface area contributed by atoms with Crippen LogP contribution in [-0.2, 0) is 0 Å². The second-order valence-corrected chi connectivity index (χ2v) is 3.46. The smallest absolute Gasteiger partial charge is 0.201 e. The van der Waals surface area contributed by atoms with Gasteiger partial charge in [0.05, 0.1) is 25.5 Å². The summed E-state index contributed by atoms with van der Waals surface area (Å²) in [5, 5.41) is 28.6. The number of amidine groups is 1. The lowest BCUT2D eigenvalue weighted by Crippen LogP contribution is -2.22. The van der Waals surface area contributed by atoms with E-state index < -0.39 is 5.84 Å². The predicted octanol–water partition coefficient (Wildman–Crippen LogP) is 0.803. The van der Waals surface area contributed by atoms with Gasteiger partial charge in [-0.05, 0) is 0 Å². The lowest BCUT2D eigenvalue weighted by molar-refractivity contribution is 0.355. The Kier molecular flexibility index (Phi) is 4.89. The van der Waals surface area contributed by atoms with Crippen LogP contribution in [0.2, 0.25) is 0 Å². The molecule has 4 N–H and O–H groups in total. The molecule has 0 amide bonds. The zero-order valence-corrected chi connectivity index (χ0v) is 10.9. The maximum Gasteiger partial charge on any atom is 0.201 e. The number of hydrogen-bond donors (Lipinski definition) is 3. The minimum Gasteiger partial charge on any atom is -0.493 e. The van der Waals surface area contributed by atoms with Gasteiger partial charge in [-0.3, -0.25) is 10.8 Å². The number of rotatable bonds is 5. The summed E-state index contributed by atoms with van der Waals surface area (Å²) in [4.78, 5) is 0. The molecular formula is C12H12N6O2. The van der Waals surface area contributed by atoms with Crippen molar-refractivity contribution in [1.82, 2.24) is 0 Å². The van der Waals surface area contributed by atoms with E-state index in [0.29, 0.717) is 17.2 Å². The van der Waals surface area contributed by atoms with Crippen LogP contribution >= 0.6 is 0 Å². The van der Waals surface area contributed by atoms with Gasteiger partial charge < -0.3 is 15.2 Å². The van der Waals surface area contributed by atoms with Gasteiger partial charge in [-0.2, -0.15) is 15.6 Å². The molecule has 20 heavy (non-hydrogen) atoms. The summed E-state index contributed by atoms with van der Waals surface area (Å²) < 4.78 is 10.2. The van der Waals surface area contributed by atoms with E-state index in [1.165, 1.54) is 26.4 Å². The van der Waals surface area contributed by atoms with E-state index in [1.54, 1.807) is 6.07 Å². The minimum atomic E-state index is -0.473. The molecule has 102 valence electrons. The standard InChI is InChI=1S/C12H12N6O2/c1-19-10-3-7(5-13)8(4-11(10)20-2)17-18-9(6-14)12(15)16/h3-4,17H,1-2H3,(H3,15,16)/b18-9+. The van der Waals surface area contributed by atoms with Crippen molar-refractivity contribution in [3.05, 3.63) is 17.7 Å². The Morgan fingerprint density at radius 1 is 1.30 bits per heavy atom. The minimum absolute atomic E-state index is 0.243. The first-order valence-electron chi connectivity index (χ1n) is 5.31. The molecule has 0 aliphatic rings. The Morgan fingerprint density at radius 3 is 2.35 bits per heavy atom. The molecule has 0 aliphatic heterocycles. The van der Waals surface area contributed by atoms with Crippen LogP contribution in [0.15, 0.2) is 17.2 Å². The van der Waals surface area contributed by atoms with Crippen LogP contribution in [0.5, 0.6) is 11.5 Å². The summed E-state index contributed by atoms with van der Waals surface area (Å²) in [6.45, 7) is 0. The second-order valence-electron chi connectivity index (χ2n) is 3.46. The normalized spacial score (nSPS) is 10.1. The molecule has 0 saturated heterocycles. The van der Waals surface area contributed by atoms with Gasteiger partial charge in [-0.15, -0.1) is 0 Å². The van der Waals surface area contributed by atoms with Crippen molar-refractivity contribution < 1.29 is 9.47 Å². The summed E-state index contributed by atoms with van der Waals surface area (Å²) in [7, 11) is 2.90. The number of methoxy groups -OCH3 is 2. The van der Waals surface area contributed by atoms with Gasteiger partial charge in [0.2, 0.25) is 5.71 Å². The van der Waals surface area contributed by atoms with Gasteiger partial charge in [-0.1, -0.05) is 0 Å². The molecule has 8 nitrogen and oxygen atoms in total.